The van der Waals surface area contributed by atoms with Crippen LogP contribution < -0.4 is 0 Å². The maximum Gasteiger partial charge on any atom is 0.471 e. The van der Waals surface area contributed by atoms with Crippen LogP contribution in [0.3, 0.4) is 0 Å². The van der Waals surface area contributed by atoms with Crippen molar-refractivity contribution in [3.8, 4) is 0 Å². The summed E-state index contributed by atoms with van der Waals surface area (Å²) in [5.74, 6) is 2.15. The molecule has 0 saturated heterocycles. The van der Waals surface area contributed by atoms with E-state index in [1.807, 2.05) is 11.8 Å². The molecule has 164 valence electrons. The van der Waals surface area contributed by atoms with Gasteiger partial charge >= 0.3 is 7.82 Å². The third kappa shape index (κ3) is 22.6. The second-order valence-electron chi connectivity index (χ2n) is 7.40. The zero-order chi connectivity index (χ0) is 20.1. The topological polar surface area (TPSA) is 55.8 Å². The molecule has 0 aliphatic carbocycles. The van der Waals surface area contributed by atoms with Gasteiger partial charge in [-0.15, -0.1) is 0 Å². The zero-order valence-corrected chi connectivity index (χ0v) is 19.7. The number of hydrogen-bond donors (Lipinski definition) is 1. The van der Waals surface area contributed by atoms with E-state index >= 15 is 0 Å². The lowest BCUT2D eigenvalue weighted by atomic mass is 10.0. The van der Waals surface area contributed by atoms with E-state index in [1.54, 1.807) is 0 Å². The minimum absolute atomic E-state index is 0.285. The van der Waals surface area contributed by atoms with Gasteiger partial charge in [0.2, 0.25) is 0 Å². The van der Waals surface area contributed by atoms with Gasteiger partial charge in [-0.05, 0) is 24.3 Å². The lowest BCUT2D eigenvalue weighted by Crippen LogP contribution is -1.96. The monoisotopic (exact) mass is 424 g/mol. The Morgan fingerprint density at radius 2 is 1.11 bits per heavy atom. The molecule has 0 spiro atoms. The van der Waals surface area contributed by atoms with Crippen LogP contribution in [-0.2, 0) is 13.6 Å². The van der Waals surface area contributed by atoms with Gasteiger partial charge in [-0.3, -0.25) is 9.05 Å². The van der Waals surface area contributed by atoms with Gasteiger partial charge in [0.15, 0.2) is 0 Å². The molecular formula is C21H45O4PS. The summed E-state index contributed by atoms with van der Waals surface area (Å²) < 4.78 is 20.2. The smallest absolute Gasteiger partial charge is 0.303 e. The van der Waals surface area contributed by atoms with E-state index in [0.29, 0.717) is 0 Å². The summed E-state index contributed by atoms with van der Waals surface area (Å²) in [6.45, 7) is 2.56. The standard InChI is InChI=1S/C21H45O4PS/c1-3-4-5-6-7-8-9-10-11-12-13-14-15-16-17-20-27-21-18-19-25-26(22,23)24-2/h3-21H2,1-2H3,(H,22,23). The number of phosphoric ester groups is 1. The molecule has 0 amide bonds. The fourth-order valence-electron chi connectivity index (χ4n) is 3.07. The molecule has 0 aromatic rings. The van der Waals surface area contributed by atoms with Crippen LogP contribution in [0.1, 0.15) is 110 Å². The number of hydrogen-bond acceptors (Lipinski definition) is 4. The summed E-state index contributed by atoms with van der Waals surface area (Å²) in [5.41, 5.74) is 0. The Morgan fingerprint density at radius 3 is 1.56 bits per heavy atom. The molecule has 6 heteroatoms. The first-order valence-corrected chi connectivity index (χ1v) is 13.9. The van der Waals surface area contributed by atoms with Crippen molar-refractivity contribution >= 4 is 19.6 Å². The van der Waals surface area contributed by atoms with Gasteiger partial charge in [-0.1, -0.05) is 96.8 Å². The van der Waals surface area contributed by atoms with Gasteiger partial charge in [0.05, 0.1) is 6.61 Å². The van der Waals surface area contributed by atoms with Crippen LogP contribution in [0, 0.1) is 0 Å². The average Bonchev–Trinajstić information content (AvgIpc) is 2.66. The Kier molecular flexibility index (Phi) is 21.5. The molecule has 0 aliphatic heterocycles. The molecule has 0 aromatic heterocycles. The van der Waals surface area contributed by atoms with Crippen LogP contribution in [0.15, 0.2) is 0 Å². The van der Waals surface area contributed by atoms with Gasteiger partial charge in [0.25, 0.3) is 0 Å². The van der Waals surface area contributed by atoms with Crippen LogP contribution in [-0.4, -0.2) is 30.1 Å². The second-order valence-corrected chi connectivity index (χ2v) is 10.2. The molecule has 0 aliphatic rings. The molecule has 0 fully saturated rings. The van der Waals surface area contributed by atoms with Crippen molar-refractivity contribution in [2.24, 2.45) is 0 Å². The third-order valence-electron chi connectivity index (χ3n) is 4.81. The van der Waals surface area contributed by atoms with E-state index in [4.69, 9.17) is 9.42 Å². The number of thioether (sulfide) groups is 1. The maximum absolute atomic E-state index is 11.1. The Labute approximate surface area is 173 Å². The Bertz CT molecular complexity index is 342. The van der Waals surface area contributed by atoms with E-state index in [2.05, 4.69) is 11.4 Å². The summed E-state index contributed by atoms with van der Waals surface area (Å²) in [5, 5.41) is 0. The number of rotatable bonds is 22. The summed E-state index contributed by atoms with van der Waals surface area (Å²) in [6, 6.07) is 0. The summed E-state index contributed by atoms with van der Waals surface area (Å²) in [4.78, 5) is 9.08. The predicted molar refractivity (Wildman–Crippen MR) is 120 cm³/mol. The van der Waals surface area contributed by atoms with E-state index in [-0.39, 0.29) is 6.61 Å². The van der Waals surface area contributed by atoms with Crippen molar-refractivity contribution < 1.29 is 18.5 Å². The van der Waals surface area contributed by atoms with Crippen LogP contribution in [0.2, 0.25) is 0 Å². The molecule has 0 aromatic carbocycles. The molecule has 27 heavy (non-hydrogen) atoms. The highest BCUT2D eigenvalue weighted by Gasteiger charge is 2.17. The molecule has 0 rings (SSSR count). The fourth-order valence-corrected chi connectivity index (χ4v) is 4.47. The zero-order valence-electron chi connectivity index (χ0n) is 18.0. The van der Waals surface area contributed by atoms with Crippen molar-refractivity contribution in [3.63, 3.8) is 0 Å². The SMILES string of the molecule is CCCCCCCCCCCCCCCCCSCCCOP(=O)(O)OC. The molecule has 1 unspecified atom stereocenters. The van der Waals surface area contributed by atoms with Crippen LogP contribution >= 0.6 is 19.6 Å². The van der Waals surface area contributed by atoms with Gasteiger partial charge in [-0.2, -0.15) is 11.8 Å². The Hall–Kier alpha value is 0.460. The third-order valence-corrected chi connectivity index (χ3v) is 6.94. The van der Waals surface area contributed by atoms with Crippen molar-refractivity contribution in [1.82, 2.24) is 0 Å². The summed E-state index contributed by atoms with van der Waals surface area (Å²) in [7, 11) is -2.59. The highest BCUT2D eigenvalue weighted by molar-refractivity contribution is 7.99. The maximum atomic E-state index is 11.1. The molecule has 4 nitrogen and oxygen atoms in total. The highest BCUT2D eigenvalue weighted by atomic mass is 32.2. The molecule has 1 atom stereocenters. The number of phosphoric acid groups is 1. The van der Waals surface area contributed by atoms with E-state index in [1.165, 1.54) is 109 Å². The van der Waals surface area contributed by atoms with E-state index in [9.17, 15) is 4.57 Å². The van der Waals surface area contributed by atoms with Crippen molar-refractivity contribution in [3.05, 3.63) is 0 Å². The fraction of sp³-hybridized carbons (Fsp3) is 1.00. The van der Waals surface area contributed by atoms with Crippen LogP contribution in [0.25, 0.3) is 0 Å². The molecule has 0 heterocycles. The molecular weight excluding hydrogens is 379 g/mol. The van der Waals surface area contributed by atoms with E-state index < -0.39 is 7.82 Å². The molecule has 0 bridgehead atoms. The lowest BCUT2D eigenvalue weighted by molar-refractivity contribution is 0.174. The van der Waals surface area contributed by atoms with Gasteiger partial charge in [0, 0.05) is 7.11 Å². The van der Waals surface area contributed by atoms with Gasteiger partial charge < -0.3 is 4.89 Å². The van der Waals surface area contributed by atoms with Crippen molar-refractivity contribution in [1.29, 1.82) is 0 Å². The van der Waals surface area contributed by atoms with Gasteiger partial charge in [-0.25, -0.2) is 4.57 Å². The molecule has 0 radical (unpaired) electrons. The minimum atomic E-state index is -3.78. The number of unbranched alkanes of at least 4 members (excludes halogenated alkanes) is 14. The second kappa shape index (κ2) is 21.2. The van der Waals surface area contributed by atoms with Crippen molar-refractivity contribution in [2.45, 2.75) is 110 Å². The van der Waals surface area contributed by atoms with Gasteiger partial charge in [0.1, 0.15) is 0 Å². The van der Waals surface area contributed by atoms with Crippen molar-refractivity contribution in [2.75, 3.05) is 25.2 Å². The minimum Gasteiger partial charge on any atom is -0.303 e. The Morgan fingerprint density at radius 1 is 0.704 bits per heavy atom. The first-order chi connectivity index (χ1) is 13.1. The summed E-state index contributed by atoms with van der Waals surface area (Å²) in [6.07, 6.45) is 21.8. The van der Waals surface area contributed by atoms with Crippen LogP contribution in [0.5, 0.6) is 0 Å². The summed E-state index contributed by atoms with van der Waals surface area (Å²) >= 11 is 1.90. The normalized spacial score (nSPS) is 13.7. The lowest BCUT2D eigenvalue weighted by Gasteiger charge is -2.08. The first kappa shape index (κ1) is 27.5. The Balaban J connectivity index is 3.06. The average molecular weight is 425 g/mol. The quantitative estimate of drug-likeness (QED) is 0.142. The molecule has 0 saturated carbocycles. The predicted octanol–water partition coefficient (Wildman–Crippen LogP) is 7.74. The first-order valence-electron chi connectivity index (χ1n) is 11.2. The van der Waals surface area contributed by atoms with Crippen LogP contribution in [0.4, 0.5) is 0 Å². The highest BCUT2D eigenvalue weighted by Crippen LogP contribution is 2.41. The largest absolute Gasteiger partial charge is 0.471 e. The van der Waals surface area contributed by atoms with E-state index in [0.717, 1.165) is 12.2 Å². The molecule has 1 N–H and O–H groups in total.